The van der Waals surface area contributed by atoms with E-state index in [0.717, 1.165) is 57.5 Å². The van der Waals surface area contributed by atoms with E-state index in [1.165, 1.54) is 5.56 Å². The summed E-state index contributed by atoms with van der Waals surface area (Å²) in [5, 5.41) is 0.848. The second-order valence-corrected chi connectivity index (χ2v) is 10.4. The normalized spacial score (nSPS) is 18.8. The molecular weight excluding hydrogens is 432 g/mol. The summed E-state index contributed by atoms with van der Waals surface area (Å²) in [4.78, 5) is 33.3. The molecule has 1 aliphatic heterocycles. The second-order valence-electron chi connectivity index (χ2n) is 9.16. The van der Waals surface area contributed by atoms with E-state index in [1.54, 1.807) is 18.4 Å². The van der Waals surface area contributed by atoms with Gasteiger partial charge in [0.2, 0.25) is 5.91 Å². The third-order valence-corrected chi connectivity index (χ3v) is 7.66. The maximum absolute atomic E-state index is 12.7. The molecule has 2 atom stereocenters. The van der Waals surface area contributed by atoms with Gasteiger partial charge in [-0.3, -0.25) is 9.59 Å². The quantitative estimate of drug-likeness (QED) is 0.496. The average Bonchev–Trinajstić information content (AvgIpc) is 3.22. The highest BCUT2D eigenvalue weighted by Gasteiger charge is 2.43. The van der Waals surface area contributed by atoms with Crippen molar-refractivity contribution in [3.63, 3.8) is 0 Å². The van der Waals surface area contributed by atoms with Crippen molar-refractivity contribution in [2.24, 2.45) is 11.8 Å². The van der Waals surface area contributed by atoms with Crippen molar-refractivity contribution in [1.29, 1.82) is 0 Å². The van der Waals surface area contributed by atoms with Crippen LogP contribution in [0.15, 0.2) is 42.5 Å². The monoisotopic (exact) mass is 460 g/mol. The third kappa shape index (κ3) is 4.44. The molecule has 5 rings (SSSR count). The molecule has 5 nitrogen and oxygen atoms in total. The van der Waals surface area contributed by atoms with E-state index in [9.17, 15) is 9.59 Å². The maximum Gasteiger partial charge on any atom is 0.230 e. The number of rotatable bonds is 7. The number of amides is 1. The first-order valence-electron chi connectivity index (χ1n) is 11.5. The van der Waals surface area contributed by atoms with Gasteiger partial charge in [0, 0.05) is 35.0 Å². The summed E-state index contributed by atoms with van der Waals surface area (Å²) in [7, 11) is 1.63. The smallest absolute Gasteiger partial charge is 0.230 e. The zero-order chi connectivity index (χ0) is 23.1. The van der Waals surface area contributed by atoms with Crippen molar-refractivity contribution in [2.45, 2.75) is 39.5 Å². The van der Waals surface area contributed by atoms with Crippen LogP contribution < -0.4 is 9.64 Å². The van der Waals surface area contributed by atoms with Crippen molar-refractivity contribution in [3.05, 3.63) is 63.5 Å². The second kappa shape index (κ2) is 8.75. The van der Waals surface area contributed by atoms with Crippen LogP contribution in [0.5, 0.6) is 5.75 Å². The Morgan fingerprint density at radius 3 is 2.61 bits per heavy atom. The highest BCUT2D eigenvalue weighted by molar-refractivity contribution is 7.12. The van der Waals surface area contributed by atoms with Gasteiger partial charge in [0.25, 0.3) is 0 Å². The van der Waals surface area contributed by atoms with Crippen LogP contribution in [0.4, 0.5) is 5.69 Å². The Hall–Kier alpha value is -2.99. The number of carbonyl (C=O) groups excluding carboxylic acids is 2. The van der Waals surface area contributed by atoms with Gasteiger partial charge in [-0.2, -0.15) is 0 Å². The molecule has 0 spiro atoms. The van der Waals surface area contributed by atoms with Gasteiger partial charge in [-0.15, -0.1) is 11.3 Å². The molecular formula is C27H28N2O3S. The molecule has 2 aliphatic rings. The van der Waals surface area contributed by atoms with E-state index in [-0.39, 0.29) is 17.6 Å². The molecule has 3 aromatic rings. The molecule has 6 heteroatoms. The minimum Gasteiger partial charge on any atom is -0.497 e. The van der Waals surface area contributed by atoms with E-state index >= 15 is 0 Å². The lowest BCUT2D eigenvalue weighted by molar-refractivity contribution is -0.120. The van der Waals surface area contributed by atoms with Gasteiger partial charge >= 0.3 is 0 Å². The number of methoxy groups -OCH3 is 1. The predicted molar refractivity (Wildman–Crippen MR) is 131 cm³/mol. The van der Waals surface area contributed by atoms with E-state index in [0.29, 0.717) is 18.8 Å². The number of Topliss-reactive ketones (excluding diaryl/α,β-unsaturated/α-hetero) is 1. The van der Waals surface area contributed by atoms with Crippen LogP contribution in [0.2, 0.25) is 0 Å². The average molecular weight is 461 g/mol. The number of hydrogen-bond donors (Lipinski definition) is 0. The zero-order valence-electron chi connectivity index (χ0n) is 19.3. The molecule has 1 aromatic heterocycles. The summed E-state index contributed by atoms with van der Waals surface area (Å²) in [5.74, 6) is 1.93. The Bertz CT molecular complexity index is 1210. The number of carbonyl (C=O) groups is 2. The van der Waals surface area contributed by atoms with Gasteiger partial charge < -0.3 is 9.64 Å². The third-order valence-electron chi connectivity index (χ3n) is 6.69. The lowest BCUT2D eigenvalue weighted by atomic mass is 10.1. The van der Waals surface area contributed by atoms with Crippen LogP contribution in [0.1, 0.15) is 34.4 Å². The Morgan fingerprint density at radius 2 is 1.91 bits per heavy atom. The van der Waals surface area contributed by atoms with E-state index < -0.39 is 0 Å². The largest absolute Gasteiger partial charge is 0.497 e. The molecule has 170 valence electrons. The minimum atomic E-state index is 0.151. The molecule has 0 saturated heterocycles. The summed E-state index contributed by atoms with van der Waals surface area (Å²) in [6, 6.07) is 13.9. The Balaban J connectivity index is 1.28. The van der Waals surface area contributed by atoms with Crippen molar-refractivity contribution >= 4 is 28.7 Å². The maximum atomic E-state index is 12.7. The molecule has 0 radical (unpaired) electrons. The Labute approximate surface area is 198 Å². The number of aromatic nitrogens is 1. The minimum absolute atomic E-state index is 0.151. The molecule has 2 unspecified atom stereocenters. The van der Waals surface area contributed by atoms with E-state index in [2.05, 4.69) is 32.0 Å². The molecule has 1 aliphatic carbocycles. The lowest BCUT2D eigenvalue weighted by Crippen LogP contribution is -2.30. The Kier molecular flexibility index (Phi) is 5.79. The standard InChI is InChI=1S/C27H28N2O3S/c1-16-12-23(16)27(31)29-11-10-19-14-20(6-9-24(19)29)26-17(2)33-25(28-26)15-21(30)13-18-4-7-22(32-3)8-5-18/h4-9,14,16,23H,10-13,15H2,1-3H3. The lowest BCUT2D eigenvalue weighted by Gasteiger charge is -2.17. The fraction of sp³-hybridized carbons (Fsp3) is 0.370. The first-order valence-corrected chi connectivity index (χ1v) is 12.3. The molecule has 2 aromatic carbocycles. The zero-order valence-corrected chi connectivity index (χ0v) is 20.1. The first kappa shape index (κ1) is 21.8. The number of aryl methyl sites for hydroxylation is 1. The van der Waals surface area contributed by atoms with Crippen LogP contribution in [0.3, 0.4) is 0 Å². The highest BCUT2D eigenvalue weighted by Crippen LogP contribution is 2.42. The summed E-state index contributed by atoms with van der Waals surface area (Å²) in [6.45, 7) is 4.97. The predicted octanol–water partition coefficient (Wildman–Crippen LogP) is 5.03. The van der Waals surface area contributed by atoms with Crippen LogP contribution in [0, 0.1) is 18.8 Å². The van der Waals surface area contributed by atoms with Gasteiger partial charge in [-0.05, 0) is 61.1 Å². The van der Waals surface area contributed by atoms with Gasteiger partial charge in [-0.1, -0.05) is 25.1 Å². The van der Waals surface area contributed by atoms with Crippen molar-refractivity contribution in [3.8, 4) is 17.0 Å². The molecule has 0 bridgehead atoms. The van der Waals surface area contributed by atoms with E-state index in [4.69, 9.17) is 9.72 Å². The van der Waals surface area contributed by atoms with E-state index in [1.807, 2.05) is 29.2 Å². The molecule has 2 heterocycles. The number of fused-ring (bicyclic) bond motifs is 1. The number of anilines is 1. The van der Waals surface area contributed by atoms with Crippen molar-refractivity contribution < 1.29 is 14.3 Å². The molecule has 0 N–H and O–H groups in total. The van der Waals surface area contributed by atoms with Gasteiger partial charge in [-0.25, -0.2) is 4.98 Å². The highest BCUT2D eigenvalue weighted by atomic mass is 32.1. The number of ketones is 1. The molecule has 1 amide bonds. The topological polar surface area (TPSA) is 59.5 Å². The number of nitrogens with zero attached hydrogens (tertiary/aromatic N) is 2. The van der Waals surface area contributed by atoms with Crippen molar-refractivity contribution in [2.75, 3.05) is 18.6 Å². The summed E-state index contributed by atoms with van der Waals surface area (Å²) in [6.07, 6.45) is 2.62. The summed E-state index contributed by atoms with van der Waals surface area (Å²) >= 11 is 1.59. The van der Waals surface area contributed by atoms with Crippen molar-refractivity contribution in [1.82, 2.24) is 4.98 Å². The van der Waals surface area contributed by atoms with Crippen LogP contribution >= 0.6 is 11.3 Å². The van der Waals surface area contributed by atoms with Gasteiger partial charge in [0.15, 0.2) is 0 Å². The van der Waals surface area contributed by atoms with Crippen LogP contribution in [-0.4, -0.2) is 30.3 Å². The summed E-state index contributed by atoms with van der Waals surface area (Å²) in [5.41, 5.74) is 5.23. The number of hydrogen-bond acceptors (Lipinski definition) is 5. The molecule has 1 fully saturated rings. The molecule has 33 heavy (non-hydrogen) atoms. The Morgan fingerprint density at radius 1 is 1.15 bits per heavy atom. The number of benzene rings is 2. The van der Waals surface area contributed by atoms with Crippen LogP contribution in [-0.2, 0) is 28.9 Å². The fourth-order valence-electron chi connectivity index (χ4n) is 4.64. The number of thiazole rings is 1. The summed E-state index contributed by atoms with van der Waals surface area (Å²) < 4.78 is 5.18. The van der Waals surface area contributed by atoms with Crippen LogP contribution in [0.25, 0.3) is 11.3 Å². The fourth-order valence-corrected chi connectivity index (χ4v) is 5.62. The van der Waals surface area contributed by atoms with Gasteiger partial charge in [0.05, 0.1) is 19.2 Å². The number of ether oxygens (including phenoxy) is 1. The SMILES string of the molecule is COc1ccc(CC(=O)Cc2nc(-c3ccc4c(c3)CCN4C(=O)C3CC3C)c(C)s2)cc1. The molecule has 1 saturated carbocycles. The first-order chi connectivity index (χ1) is 15.9. The van der Waals surface area contributed by atoms with Gasteiger partial charge in [0.1, 0.15) is 16.5 Å².